The van der Waals surface area contributed by atoms with Crippen molar-refractivity contribution in [2.75, 3.05) is 13.1 Å². The summed E-state index contributed by atoms with van der Waals surface area (Å²) < 4.78 is 33.3. The molecule has 29 heavy (non-hydrogen) atoms. The quantitative estimate of drug-likeness (QED) is 0.669. The van der Waals surface area contributed by atoms with E-state index in [9.17, 15) is 8.42 Å². The highest BCUT2D eigenvalue weighted by molar-refractivity contribution is 7.89. The van der Waals surface area contributed by atoms with E-state index in [1.807, 2.05) is 37.3 Å². The van der Waals surface area contributed by atoms with E-state index in [0.29, 0.717) is 16.6 Å². The zero-order chi connectivity index (χ0) is 20.3. The third kappa shape index (κ3) is 4.55. The minimum absolute atomic E-state index is 0.0216. The lowest BCUT2D eigenvalue weighted by Crippen LogP contribution is -2.45. The van der Waals surface area contributed by atoms with E-state index in [-0.39, 0.29) is 12.1 Å². The van der Waals surface area contributed by atoms with E-state index in [1.54, 1.807) is 30.3 Å². The Balaban J connectivity index is 1.35. The summed E-state index contributed by atoms with van der Waals surface area (Å²) in [5, 5.41) is 4.09. The van der Waals surface area contributed by atoms with Gasteiger partial charge in [-0.15, -0.1) is 0 Å². The molecule has 2 aromatic carbocycles. The molecule has 0 bridgehead atoms. The van der Waals surface area contributed by atoms with Crippen molar-refractivity contribution in [3.8, 4) is 11.4 Å². The molecule has 1 atom stereocenters. The first-order valence-electron chi connectivity index (χ1n) is 9.73. The molecule has 1 aromatic heterocycles. The van der Waals surface area contributed by atoms with E-state index in [0.717, 1.165) is 31.5 Å². The van der Waals surface area contributed by atoms with Crippen LogP contribution < -0.4 is 4.72 Å². The predicted octanol–water partition coefficient (Wildman–Crippen LogP) is 3.24. The zero-order valence-electron chi connectivity index (χ0n) is 16.2. The van der Waals surface area contributed by atoms with Crippen LogP contribution in [0.15, 0.2) is 70.1 Å². The molecule has 1 saturated heterocycles. The van der Waals surface area contributed by atoms with Crippen molar-refractivity contribution in [2.45, 2.75) is 36.7 Å². The fourth-order valence-corrected chi connectivity index (χ4v) is 4.88. The third-order valence-corrected chi connectivity index (χ3v) is 6.82. The van der Waals surface area contributed by atoms with Crippen molar-refractivity contribution in [3.63, 3.8) is 0 Å². The highest BCUT2D eigenvalue weighted by Crippen LogP contribution is 2.25. The van der Waals surface area contributed by atoms with Crippen LogP contribution in [0.4, 0.5) is 0 Å². The number of nitrogens with zero attached hydrogens (tertiary/aromatic N) is 3. The number of piperidine rings is 1. The minimum Gasteiger partial charge on any atom is -0.337 e. The Hall–Kier alpha value is -2.55. The Morgan fingerprint density at radius 2 is 1.66 bits per heavy atom. The number of hydrogen-bond acceptors (Lipinski definition) is 6. The van der Waals surface area contributed by atoms with Crippen LogP contribution in [0.5, 0.6) is 0 Å². The fraction of sp³-hybridized carbons (Fsp3) is 0.333. The normalized spacial score (nSPS) is 17.3. The Morgan fingerprint density at radius 1 is 1.03 bits per heavy atom. The van der Waals surface area contributed by atoms with Gasteiger partial charge in [0.2, 0.25) is 21.7 Å². The van der Waals surface area contributed by atoms with E-state index in [4.69, 9.17) is 4.52 Å². The summed E-state index contributed by atoms with van der Waals surface area (Å²) >= 11 is 0. The largest absolute Gasteiger partial charge is 0.337 e. The molecule has 1 aliphatic rings. The molecule has 0 saturated carbocycles. The van der Waals surface area contributed by atoms with Gasteiger partial charge in [0.25, 0.3) is 0 Å². The van der Waals surface area contributed by atoms with Gasteiger partial charge in [0.15, 0.2) is 0 Å². The first-order valence-corrected chi connectivity index (χ1v) is 11.2. The van der Waals surface area contributed by atoms with Crippen LogP contribution in [-0.2, 0) is 10.0 Å². The molecule has 0 aliphatic carbocycles. The molecule has 3 aromatic rings. The molecule has 0 spiro atoms. The second-order valence-electron chi connectivity index (χ2n) is 7.24. The van der Waals surface area contributed by atoms with E-state index >= 15 is 0 Å². The summed E-state index contributed by atoms with van der Waals surface area (Å²) in [6.07, 6.45) is 1.46. The Morgan fingerprint density at radius 3 is 2.31 bits per heavy atom. The highest BCUT2D eigenvalue weighted by Gasteiger charge is 2.29. The van der Waals surface area contributed by atoms with Gasteiger partial charge < -0.3 is 4.52 Å². The summed E-state index contributed by atoms with van der Waals surface area (Å²) in [7, 11) is -3.49. The molecular weight excluding hydrogens is 388 g/mol. The highest BCUT2D eigenvalue weighted by atomic mass is 32.2. The van der Waals surface area contributed by atoms with Crippen molar-refractivity contribution in [2.24, 2.45) is 0 Å². The first kappa shape index (κ1) is 19.8. The number of nitrogens with one attached hydrogen (secondary N) is 1. The SMILES string of the molecule is CC(c1nc(-c2ccccc2)no1)N1CCC(NS(=O)(=O)c2ccccc2)CC1. The molecule has 4 rings (SSSR count). The zero-order valence-corrected chi connectivity index (χ0v) is 17.0. The van der Waals surface area contributed by atoms with Gasteiger partial charge in [-0.05, 0) is 31.9 Å². The second-order valence-corrected chi connectivity index (χ2v) is 8.96. The molecule has 1 N–H and O–H groups in total. The number of rotatable bonds is 6. The van der Waals surface area contributed by atoms with Gasteiger partial charge in [-0.3, -0.25) is 4.90 Å². The topological polar surface area (TPSA) is 88.3 Å². The van der Waals surface area contributed by atoms with Crippen LogP contribution in [-0.4, -0.2) is 42.6 Å². The van der Waals surface area contributed by atoms with Gasteiger partial charge in [0.1, 0.15) is 0 Å². The van der Waals surface area contributed by atoms with Crippen LogP contribution in [0, 0.1) is 0 Å². The van der Waals surface area contributed by atoms with Crippen molar-refractivity contribution in [3.05, 3.63) is 66.6 Å². The lowest BCUT2D eigenvalue weighted by Gasteiger charge is -2.34. The van der Waals surface area contributed by atoms with Gasteiger partial charge in [0.05, 0.1) is 10.9 Å². The molecule has 0 radical (unpaired) electrons. The lowest BCUT2D eigenvalue weighted by atomic mass is 10.0. The Bertz CT molecular complexity index is 1030. The Kier molecular flexibility index (Phi) is 5.75. The maximum atomic E-state index is 12.5. The summed E-state index contributed by atoms with van der Waals surface area (Å²) in [6, 6.07) is 18.1. The molecule has 0 amide bonds. The first-order chi connectivity index (χ1) is 14.0. The minimum atomic E-state index is -3.49. The monoisotopic (exact) mass is 412 g/mol. The summed E-state index contributed by atoms with van der Waals surface area (Å²) in [5.41, 5.74) is 0.920. The van der Waals surface area contributed by atoms with Gasteiger partial charge in [0, 0.05) is 24.7 Å². The van der Waals surface area contributed by atoms with Crippen molar-refractivity contribution >= 4 is 10.0 Å². The van der Waals surface area contributed by atoms with Gasteiger partial charge in [-0.1, -0.05) is 53.7 Å². The van der Waals surface area contributed by atoms with E-state index in [1.165, 1.54) is 0 Å². The van der Waals surface area contributed by atoms with Crippen molar-refractivity contribution < 1.29 is 12.9 Å². The molecule has 1 aliphatic heterocycles. The van der Waals surface area contributed by atoms with Crippen molar-refractivity contribution in [1.29, 1.82) is 0 Å². The van der Waals surface area contributed by atoms with Gasteiger partial charge in [-0.25, -0.2) is 13.1 Å². The molecule has 152 valence electrons. The summed E-state index contributed by atoms with van der Waals surface area (Å²) in [4.78, 5) is 7.09. The van der Waals surface area contributed by atoms with Crippen LogP contribution in [0.2, 0.25) is 0 Å². The number of likely N-dealkylation sites (tertiary alicyclic amines) is 1. The summed E-state index contributed by atoms with van der Waals surface area (Å²) in [5.74, 6) is 1.16. The molecule has 8 heteroatoms. The molecule has 1 fully saturated rings. The molecule has 7 nitrogen and oxygen atoms in total. The second kappa shape index (κ2) is 8.44. The lowest BCUT2D eigenvalue weighted by molar-refractivity contribution is 0.134. The van der Waals surface area contributed by atoms with E-state index in [2.05, 4.69) is 19.8 Å². The Labute approximate surface area is 170 Å². The number of hydrogen-bond donors (Lipinski definition) is 1. The fourth-order valence-electron chi connectivity index (χ4n) is 3.56. The molecule has 1 unspecified atom stereocenters. The van der Waals surface area contributed by atoms with E-state index < -0.39 is 10.0 Å². The van der Waals surface area contributed by atoms with Gasteiger partial charge >= 0.3 is 0 Å². The number of aromatic nitrogens is 2. The standard InChI is InChI=1S/C21H24N4O3S/c1-16(21-22-20(23-28-21)17-8-4-2-5-9-17)25-14-12-18(13-15-25)24-29(26,27)19-10-6-3-7-11-19/h2-11,16,18,24H,12-15H2,1H3. The molecule has 2 heterocycles. The average Bonchev–Trinajstić information content (AvgIpc) is 3.25. The third-order valence-electron chi connectivity index (χ3n) is 5.28. The summed E-state index contributed by atoms with van der Waals surface area (Å²) in [6.45, 7) is 3.55. The maximum Gasteiger partial charge on any atom is 0.244 e. The average molecular weight is 413 g/mol. The molecular formula is C21H24N4O3S. The smallest absolute Gasteiger partial charge is 0.244 e. The van der Waals surface area contributed by atoms with Crippen LogP contribution in [0.1, 0.15) is 31.7 Å². The number of sulfonamides is 1. The van der Waals surface area contributed by atoms with Crippen molar-refractivity contribution in [1.82, 2.24) is 19.8 Å². The van der Waals surface area contributed by atoms with Crippen LogP contribution in [0.25, 0.3) is 11.4 Å². The van der Waals surface area contributed by atoms with Crippen LogP contribution >= 0.6 is 0 Å². The predicted molar refractivity (Wildman–Crippen MR) is 110 cm³/mol. The maximum absolute atomic E-state index is 12.5. The number of benzene rings is 2. The van der Waals surface area contributed by atoms with Crippen LogP contribution in [0.3, 0.4) is 0 Å². The van der Waals surface area contributed by atoms with Gasteiger partial charge in [-0.2, -0.15) is 4.98 Å².